The van der Waals surface area contributed by atoms with E-state index in [9.17, 15) is 47.7 Å². The number of phenols is 1. The summed E-state index contributed by atoms with van der Waals surface area (Å²) >= 11 is 0. The first-order valence-corrected chi connectivity index (χ1v) is 23.5. The molecule has 4 amide bonds. The highest BCUT2D eigenvalue weighted by molar-refractivity contribution is 7.87. The van der Waals surface area contributed by atoms with E-state index in [1.165, 1.54) is 50.6 Å². The molecule has 0 aliphatic carbocycles. The van der Waals surface area contributed by atoms with Gasteiger partial charge >= 0.3 is 5.97 Å². The molecule has 372 valence electrons. The minimum absolute atomic E-state index is 0.0233. The Morgan fingerprint density at radius 2 is 1.64 bits per heavy atom. The maximum absolute atomic E-state index is 14.8. The highest BCUT2D eigenvalue weighted by Gasteiger charge is 2.37. The lowest BCUT2D eigenvalue weighted by Crippen LogP contribution is -2.55. The second-order valence-corrected chi connectivity index (χ2v) is 18.9. The molecule has 23 heteroatoms. The van der Waals surface area contributed by atoms with Crippen molar-refractivity contribution in [1.29, 1.82) is 0 Å². The molecular formula is C46H60N10O12S. The first-order valence-electron chi connectivity index (χ1n) is 22.0. The number of aromatic hydroxyl groups is 1. The van der Waals surface area contributed by atoms with Crippen LogP contribution in [0.3, 0.4) is 0 Å². The molecule has 5 atom stereocenters. The highest BCUT2D eigenvalue weighted by Crippen LogP contribution is 2.45. The van der Waals surface area contributed by atoms with Crippen LogP contribution >= 0.6 is 0 Å². The van der Waals surface area contributed by atoms with Crippen LogP contribution < -0.4 is 46.8 Å². The predicted molar refractivity (Wildman–Crippen MR) is 253 cm³/mol. The molecule has 2 heterocycles. The van der Waals surface area contributed by atoms with Gasteiger partial charge in [0, 0.05) is 55.6 Å². The van der Waals surface area contributed by atoms with E-state index >= 15 is 0 Å². The van der Waals surface area contributed by atoms with Crippen molar-refractivity contribution < 1.29 is 57.2 Å². The summed E-state index contributed by atoms with van der Waals surface area (Å²) in [5.74, 6) is -5.36. The van der Waals surface area contributed by atoms with Gasteiger partial charge in [0.05, 0.1) is 12.2 Å². The standard InChI is InChI=1S/C46H60N10O12S/c1-25-41(59)55-35(45(63)64)18-26-7-12-36(67-16-6-14-47)32(17-26)33-19-28(20-37(39(33)58)68-24-31(57)21-48)38(43(61)53-25)56(5)44(62)34(13-15-52-69(49,65)66)54-42(60)29-22-50-40(51-23-29)27-8-10-30(11-9-27)46(2,3)4/h7-12,17,19-20,22-23,25,31,34-35,38,52,57-58H,6,13-16,18,21,24,47-48H2,1-5H3,(H,53,61)(H,54,60)(H,55,59)(H,63,64)(H2,49,65,66)/t25-,31+,34-,35-,38-/m0/s1. The Balaban J connectivity index is 1.62. The molecule has 69 heavy (non-hydrogen) atoms. The number of nitrogens with one attached hydrogen (secondary N) is 4. The minimum Gasteiger partial charge on any atom is -0.504 e. The maximum atomic E-state index is 14.8. The smallest absolute Gasteiger partial charge is 0.326 e. The van der Waals surface area contributed by atoms with E-state index in [2.05, 4.69) is 51.4 Å². The summed E-state index contributed by atoms with van der Waals surface area (Å²) in [6.07, 6.45) is 1.07. The molecule has 3 aromatic carbocycles. The van der Waals surface area contributed by atoms with Crippen molar-refractivity contribution in [3.8, 4) is 39.8 Å². The number of nitrogens with two attached hydrogens (primary N) is 3. The Morgan fingerprint density at radius 3 is 2.25 bits per heavy atom. The fourth-order valence-electron chi connectivity index (χ4n) is 7.23. The molecule has 0 fully saturated rings. The van der Waals surface area contributed by atoms with Crippen LogP contribution in [0.2, 0.25) is 0 Å². The quantitative estimate of drug-likeness (QED) is 0.0602. The van der Waals surface area contributed by atoms with Crippen molar-refractivity contribution >= 4 is 39.8 Å². The van der Waals surface area contributed by atoms with Crippen LogP contribution in [0.15, 0.2) is 67.0 Å². The van der Waals surface area contributed by atoms with E-state index in [0.717, 1.165) is 10.5 Å². The monoisotopic (exact) mass is 976 g/mol. The molecule has 0 unspecified atom stereocenters. The normalized spacial score (nSPS) is 17.3. The zero-order valence-corrected chi connectivity index (χ0v) is 39.7. The fraction of sp³-hybridized carbons (Fsp3) is 0.413. The van der Waals surface area contributed by atoms with Gasteiger partial charge in [-0.3, -0.25) is 19.2 Å². The lowest BCUT2D eigenvalue weighted by molar-refractivity contribution is -0.143. The Kier molecular flexibility index (Phi) is 17.8. The molecule has 22 nitrogen and oxygen atoms in total. The molecule has 0 radical (unpaired) electrons. The van der Waals surface area contributed by atoms with Gasteiger partial charge in [0.15, 0.2) is 17.3 Å². The molecule has 5 rings (SSSR count). The van der Waals surface area contributed by atoms with Gasteiger partial charge in [-0.25, -0.2) is 24.6 Å². The molecule has 1 aliphatic rings. The molecule has 4 bridgehead atoms. The van der Waals surface area contributed by atoms with Gasteiger partial charge in [-0.2, -0.15) is 8.42 Å². The number of hydrogen-bond acceptors (Lipinski definition) is 15. The first-order chi connectivity index (χ1) is 32.5. The molecular weight excluding hydrogens is 917 g/mol. The summed E-state index contributed by atoms with van der Waals surface area (Å²) in [6, 6.07) is 8.62. The lowest BCUT2D eigenvalue weighted by atomic mass is 9.87. The number of carbonyl (C=O) groups excluding carboxylic acids is 4. The molecule has 1 aliphatic heterocycles. The lowest BCUT2D eigenvalue weighted by Gasteiger charge is -2.33. The largest absolute Gasteiger partial charge is 0.504 e. The highest BCUT2D eigenvalue weighted by atomic mass is 32.2. The third kappa shape index (κ3) is 14.2. The van der Waals surface area contributed by atoms with Gasteiger partial charge in [0.1, 0.15) is 42.6 Å². The topological polar surface area (TPSA) is 354 Å². The van der Waals surface area contributed by atoms with E-state index < -0.39 is 95.4 Å². The predicted octanol–water partition coefficient (Wildman–Crippen LogP) is 0.351. The van der Waals surface area contributed by atoms with Crippen molar-refractivity contribution in [2.45, 2.75) is 82.6 Å². The Bertz CT molecular complexity index is 2610. The summed E-state index contributed by atoms with van der Waals surface area (Å²) in [6.45, 7) is 6.80. The fourth-order valence-corrected chi connectivity index (χ4v) is 7.64. The van der Waals surface area contributed by atoms with Gasteiger partial charge in [-0.15, -0.1) is 0 Å². The number of hydrogen-bond donors (Lipinski definition) is 10. The number of aliphatic hydroxyl groups is 1. The van der Waals surface area contributed by atoms with Crippen LogP contribution in [0.5, 0.6) is 17.2 Å². The van der Waals surface area contributed by atoms with Gasteiger partial charge in [-0.1, -0.05) is 51.1 Å². The second kappa shape index (κ2) is 23.0. The van der Waals surface area contributed by atoms with Crippen molar-refractivity contribution in [3.05, 3.63) is 89.2 Å². The third-order valence-corrected chi connectivity index (χ3v) is 11.7. The average molecular weight is 977 g/mol. The molecule has 0 saturated heterocycles. The SMILES string of the molecule is C[C@@H]1NC(=O)[C@@H](N(C)C(=O)[C@H](CCNS(N)(=O)=O)NC(=O)c2cnc(-c3ccc(C(C)(C)C)cc3)nc2)c2cc(OC[C@H](O)CN)c(O)c(c2)-c2cc(ccc2OCCCN)C[C@@H](C(=O)O)NC1=O. The number of phenolic OH excluding ortho intramolecular Hbond substituents is 1. The average Bonchev–Trinajstić information content (AvgIpc) is 3.30. The number of rotatable bonds is 18. The summed E-state index contributed by atoms with van der Waals surface area (Å²) in [7, 11) is -3.07. The van der Waals surface area contributed by atoms with Gasteiger partial charge < -0.3 is 57.1 Å². The van der Waals surface area contributed by atoms with Crippen LogP contribution in [0.1, 0.15) is 73.6 Å². The molecule has 13 N–H and O–H groups in total. The number of carbonyl (C=O) groups is 5. The summed E-state index contributed by atoms with van der Waals surface area (Å²) < 4.78 is 37.9. The maximum Gasteiger partial charge on any atom is 0.326 e. The molecule has 1 aromatic heterocycles. The number of nitrogens with zero attached hydrogens (tertiary/aromatic N) is 3. The Labute approximate surface area is 399 Å². The number of aliphatic hydroxyl groups excluding tert-OH is 1. The van der Waals surface area contributed by atoms with E-state index in [4.69, 9.17) is 26.1 Å². The third-order valence-electron chi connectivity index (χ3n) is 11.1. The summed E-state index contributed by atoms with van der Waals surface area (Å²) in [4.78, 5) is 79.0. The summed E-state index contributed by atoms with van der Waals surface area (Å²) in [5.41, 5.74) is 13.5. The number of amides is 4. The van der Waals surface area contributed by atoms with E-state index in [1.807, 2.05) is 24.3 Å². The number of carboxylic acid groups (broad SMARTS) is 1. The molecule has 4 aromatic rings. The van der Waals surface area contributed by atoms with E-state index in [-0.39, 0.29) is 65.3 Å². The van der Waals surface area contributed by atoms with Crippen molar-refractivity contribution in [2.75, 3.05) is 39.9 Å². The van der Waals surface area contributed by atoms with Crippen LogP contribution in [-0.4, -0.2) is 132 Å². The number of ether oxygens (including phenoxy) is 2. The van der Waals surface area contributed by atoms with Crippen LogP contribution in [0.4, 0.5) is 0 Å². The van der Waals surface area contributed by atoms with E-state index in [1.54, 1.807) is 6.07 Å². The minimum atomic E-state index is -4.28. The number of aliphatic carboxylic acids is 1. The number of carboxylic acids is 1. The Morgan fingerprint density at radius 1 is 0.957 bits per heavy atom. The van der Waals surface area contributed by atoms with Crippen molar-refractivity contribution in [2.24, 2.45) is 16.6 Å². The zero-order chi connectivity index (χ0) is 50.8. The summed E-state index contributed by atoms with van der Waals surface area (Å²) in [5, 5.41) is 45.1. The van der Waals surface area contributed by atoms with Crippen LogP contribution in [0, 0.1) is 0 Å². The van der Waals surface area contributed by atoms with Crippen molar-refractivity contribution in [3.63, 3.8) is 0 Å². The first kappa shape index (κ1) is 53.2. The number of fused-ring (bicyclic) bond motifs is 5. The molecule has 0 saturated carbocycles. The van der Waals surface area contributed by atoms with Gasteiger partial charge in [0.25, 0.3) is 16.1 Å². The van der Waals surface area contributed by atoms with Crippen LogP contribution in [0.25, 0.3) is 22.5 Å². The second-order valence-electron chi connectivity index (χ2n) is 17.5. The van der Waals surface area contributed by atoms with Gasteiger partial charge in [0.2, 0.25) is 17.7 Å². The zero-order valence-electron chi connectivity index (χ0n) is 38.9. The van der Waals surface area contributed by atoms with Gasteiger partial charge in [-0.05, 0) is 72.7 Å². The number of aromatic nitrogens is 2. The number of likely N-dealkylation sites (N-methyl/N-ethyl adjacent to an activating group) is 1. The van der Waals surface area contributed by atoms with Crippen LogP contribution in [-0.2, 0) is 41.2 Å². The number of benzene rings is 3. The Hall–Kier alpha value is -6.76. The van der Waals surface area contributed by atoms with Crippen molar-refractivity contribution in [1.82, 2.24) is 35.5 Å². The van der Waals surface area contributed by atoms with E-state index in [0.29, 0.717) is 23.4 Å². The molecule has 0 spiro atoms.